The minimum atomic E-state index is -4.35. The van der Waals surface area contributed by atoms with Gasteiger partial charge < -0.3 is 5.11 Å². The van der Waals surface area contributed by atoms with Crippen molar-refractivity contribution in [1.82, 2.24) is 0 Å². The number of carboxylic acid groups (broad SMARTS) is 1. The van der Waals surface area contributed by atoms with Crippen LogP contribution in [-0.4, -0.2) is 24.0 Å². The first-order chi connectivity index (χ1) is 10.4. The van der Waals surface area contributed by atoms with Crippen LogP contribution in [0.3, 0.4) is 0 Å². The highest BCUT2D eigenvalue weighted by Crippen LogP contribution is 2.29. The normalized spacial score (nSPS) is 12.8. The molecule has 0 spiro atoms. The smallest absolute Gasteiger partial charge is 0.303 e. The van der Waals surface area contributed by atoms with E-state index in [1.807, 2.05) is 30.3 Å². The third kappa shape index (κ3) is 4.16. The highest BCUT2D eigenvalue weighted by Gasteiger charge is 2.25. The van der Waals surface area contributed by atoms with Gasteiger partial charge in [0.2, 0.25) is 0 Å². The van der Waals surface area contributed by atoms with E-state index in [1.165, 1.54) is 0 Å². The summed E-state index contributed by atoms with van der Waals surface area (Å²) in [6.45, 7) is 0. The van der Waals surface area contributed by atoms with Crippen LogP contribution in [0, 0.1) is 0 Å². The highest BCUT2D eigenvalue weighted by atomic mass is 32.2. The number of carbonyl (C=O) groups is 1. The van der Waals surface area contributed by atoms with Gasteiger partial charge in [0.05, 0.1) is 0 Å². The van der Waals surface area contributed by atoms with Gasteiger partial charge in [-0.2, -0.15) is 8.42 Å². The molecular formula is C16H16O5S. The second kappa shape index (κ2) is 6.72. The van der Waals surface area contributed by atoms with E-state index in [-0.39, 0.29) is 12.8 Å². The molecule has 1 atom stereocenters. The zero-order valence-corrected chi connectivity index (χ0v) is 12.5. The van der Waals surface area contributed by atoms with E-state index in [1.54, 1.807) is 24.3 Å². The van der Waals surface area contributed by atoms with E-state index in [2.05, 4.69) is 0 Å². The van der Waals surface area contributed by atoms with Gasteiger partial charge in [0.15, 0.2) is 0 Å². The molecule has 1 unspecified atom stereocenters. The summed E-state index contributed by atoms with van der Waals surface area (Å²) in [5, 5.41) is 7.46. The molecule has 0 bridgehead atoms. The van der Waals surface area contributed by atoms with Gasteiger partial charge in [-0.3, -0.25) is 9.35 Å². The average Bonchev–Trinajstić information content (AvgIpc) is 2.47. The van der Waals surface area contributed by atoms with Crippen molar-refractivity contribution in [2.24, 2.45) is 0 Å². The maximum atomic E-state index is 11.5. The number of hydrogen-bond acceptors (Lipinski definition) is 3. The standard InChI is InChI=1S/C16H16O5S/c17-16(18)11-10-15(22(19,20)21)14-8-6-13(7-9-14)12-4-2-1-3-5-12/h1-9,15H,10-11H2,(H,17,18)(H,19,20,21). The molecule has 0 heterocycles. The first-order valence-corrected chi connectivity index (χ1v) is 8.22. The quantitative estimate of drug-likeness (QED) is 0.798. The summed E-state index contributed by atoms with van der Waals surface area (Å²) in [5.74, 6) is -1.10. The van der Waals surface area contributed by atoms with Gasteiger partial charge in [-0.1, -0.05) is 54.6 Å². The molecule has 0 aliphatic heterocycles. The summed E-state index contributed by atoms with van der Waals surface area (Å²) in [7, 11) is -4.35. The Morgan fingerprint density at radius 1 is 0.955 bits per heavy atom. The molecule has 0 fully saturated rings. The summed E-state index contributed by atoms with van der Waals surface area (Å²) in [5.41, 5.74) is 2.28. The second-order valence-electron chi connectivity index (χ2n) is 4.92. The molecule has 0 radical (unpaired) electrons. The van der Waals surface area contributed by atoms with E-state index in [0.717, 1.165) is 11.1 Å². The molecule has 116 valence electrons. The van der Waals surface area contributed by atoms with Gasteiger partial charge in [0, 0.05) is 6.42 Å². The number of benzene rings is 2. The fourth-order valence-corrected chi connectivity index (χ4v) is 3.18. The minimum Gasteiger partial charge on any atom is -0.481 e. The molecule has 2 rings (SSSR count). The van der Waals surface area contributed by atoms with Crippen molar-refractivity contribution in [3.8, 4) is 11.1 Å². The van der Waals surface area contributed by atoms with Crippen LogP contribution in [0.4, 0.5) is 0 Å². The molecule has 0 amide bonds. The SMILES string of the molecule is O=C(O)CCC(c1ccc(-c2ccccc2)cc1)S(=O)(=O)O. The predicted octanol–water partition coefficient (Wildman–Crippen LogP) is 3.15. The van der Waals surface area contributed by atoms with Crippen molar-refractivity contribution < 1.29 is 22.9 Å². The summed E-state index contributed by atoms with van der Waals surface area (Å²) in [6, 6.07) is 16.3. The van der Waals surface area contributed by atoms with Crippen molar-refractivity contribution in [3.05, 3.63) is 60.2 Å². The average molecular weight is 320 g/mol. The maximum Gasteiger partial charge on any atom is 0.303 e. The Hall–Kier alpha value is -2.18. The van der Waals surface area contributed by atoms with E-state index < -0.39 is 21.3 Å². The number of carboxylic acids is 1. The van der Waals surface area contributed by atoms with E-state index in [4.69, 9.17) is 5.11 Å². The minimum absolute atomic E-state index is 0.168. The Morgan fingerprint density at radius 3 is 2.00 bits per heavy atom. The molecule has 6 heteroatoms. The Bertz CT molecular complexity index is 736. The first-order valence-electron chi connectivity index (χ1n) is 6.71. The Labute approximate surface area is 129 Å². The molecule has 2 aromatic rings. The lowest BCUT2D eigenvalue weighted by atomic mass is 10.0. The Morgan fingerprint density at radius 2 is 1.50 bits per heavy atom. The van der Waals surface area contributed by atoms with Crippen LogP contribution in [0.1, 0.15) is 23.7 Å². The largest absolute Gasteiger partial charge is 0.481 e. The lowest BCUT2D eigenvalue weighted by molar-refractivity contribution is -0.137. The molecule has 0 saturated carbocycles. The van der Waals surface area contributed by atoms with Crippen molar-refractivity contribution in [3.63, 3.8) is 0 Å². The van der Waals surface area contributed by atoms with Gasteiger partial charge in [-0.25, -0.2) is 0 Å². The third-order valence-corrected chi connectivity index (χ3v) is 4.60. The van der Waals surface area contributed by atoms with E-state index in [9.17, 15) is 17.8 Å². The first kappa shape index (κ1) is 16.2. The topological polar surface area (TPSA) is 91.7 Å². The van der Waals surface area contributed by atoms with Gasteiger partial charge in [-0.05, 0) is 23.1 Å². The maximum absolute atomic E-state index is 11.5. The zero-order chi connectivity index (χ0) is 16.2. The Balaban J connectivity index is 2.28. The van der Waals surface area contributed by atoms with Gasteiger partial charge in [0.25, 0.3) is 10.1 Å². The highest BCUT2D eigenvalue weighted by molar-refractivity contribution is 7.86. The molecule has 0 aliphatic rings. The van der Waals surface area contributed by atoms with Crippen LogP contribution in [0.25, 0.3) is 11.1 Å². The van der Waals surface area contributed by atoms with Crippen molar-refractivity contribution in [2.75, 3.05) is 0 Å². The summed E-state index contributed by atoms with van der Waals surface area (Å²) < 4.78 is 32.2. The van der Waals surface area contributed by atoms with Crippen molar-refractivity contribution in [1.29, 1.82) is 0 Å². The molecule has 5 nitrogen and oxygen atoms in total. The van der Waals surface area contributed by atoms with E-state index >= 15 is 0 Å². The fourth-order valence-electron chi connectivity index (χ4n) is 2.26. The van der Waals surface area contributed by atoms with Crippen LogP contribution >= 0.6 is 0 Å². The van der Waals surface area contributed by atoms with E-state index in [0.29, 0.717) is 5.56 Å². The van der Waals surface area contributed by atoms with Gasteiger partial charge in [-0.15, -0.1) is 0 Å². The number of hydrogen-bond donors (Lipinski definition) is 2. The molecular weight excluding hydrogens is 304 g/mol. The Kier molecular flexibility index (Phi) is 4.95. The fraction of sp³-hybridized carbons (Fsp3) is 0.188. The van der Waals surface area contributed by atoms with Crippen LogP contribution < -0.4 is 0 Å². The molecule has 2 aromatic carbocycles. The van der Waals surface area contributed by atoms with Crippen molar-refractivity contribution >= 4 is 16.1 Å². The van der Waals surface area contributed by atoms with Crippen molar-refractivity contribution in [2.45, 2.75) is 18.1 Å². The monoisotopic (exact) mass is 320 g/mol. The van der Waals surface area contributed by atoms with Gasteiger partial charge in [0.1, 0.15) is 5.25 Å². The van der Waals surface area contributed by atoms with Crippen LogP contribution in [-0.2, 0) is 14.9 Å². The molecule has 0 aliphatic carbocycles. The molecule has 0 saturated heterocycles. The summed E-state index contributed by atoms with van der Waals surface area (Å²) in [6.07, 6.45) is -0.496. The van der Waals surface area contributed by atoms with Crippen LogP contribution in [0.15, 0.2) is 54.6 Å². The molecule has 0 aromatic heterocycles. The summed E-state index contributed by atoms with van der Waals surface area (Å²) >= 11 is 0. The molecule has 22 heavy (non-hydrogen) atoms. The number of aliphatic carboxylic acids is 1. The van der Waals surface area contributed by atoms with Crippen LogP contribution in [0.5, 0.6) is 0 Å². The summed E-state index contributed by atoms with van der Waals surface area (Å²) in [4.78, 5) is 10.6. The third-order valence-electron chi connectivity index (χ3n) is 3.37. The molecule has 2 N–H and O–H groups in total. The lowest BCUT2D eigenvalue weighted by Gasteiger charge is -2.14. The van der Waals surface area contributed by atoms with Gasteiger partial charge >= 0.3 is 5.97 Å². The van der Waals surface area contributed by atoms with Crippen LogP contribution in [0.2, 0.25) is 0 Å². The second-order valence-corrected chi connectivity index (χ2v) is 6.52. The lowest BCUT2D eigenvalue weighted by Crippen LogP contribution is -2.14. The predicted molar refractivity (Wildman–Crippen MR) is 83.0 cm³/mol. The number of rotatable bonds is 6. The zero-order valence-electron chi connectivity index (χ0n) is 11.7.